The van der Waals surface area contributed by atoms with Gasteiger partial charge in [0.25, 0.3) is 0 Å². The molecule has 0 atom stereocenters. The lowest BCUT2D eigenvalue weighted by Crippen LogP contribution is -2.07. The van der Waals surface area contributed by atoms with Crippen molar-refractivity contribution in [2.45, 2.75) is 20.3 Å². The smallest absolute Gasteiger partial charge is 0.238 e. The van der Waals surface area contributed by atoms with Gasteiger partial charge in [-0.15, -0.1) is 11.3 Å². The number of hydrogen-bond acceptors (Lipinski definition) is 5. The van der Waals surface area contributed by atoms with Gasteiger partial charge in [-0.25, -0.2) is 4.98 Å². The van der Waals surface area contributed by atoms with E-state index in [1.54, 1.807) is 0 Å². The molecule has 9 aromatic carbocycles. The Kier molecular flexibility index (Phi) is 9.13. The van der Waals surface area contributed by atoms with Crippen LogP contribution in [-0.4, -0.2) is 19.5 Å². The zero-order valence-electron chi connectivity index (χ0n) is 35.3. The Hall–Kier alpha value is -7.93. The van der Waals surface area contributed by atoms with Crippen molar-refractivity contribution in [2.75, 3.05) is 0 Å². The third kappa shape index (κ3) is 6.25. The summed E-state index contributed by atoms with van der Waals surface area (Å²) >= 11 is 1.85. The highest BCUT2D eigenvalue weighted by atomic mass is 32.1. The van der Waals surface area contributed by atoms with Crippen LogP contribution in [0.25, 0.3) is 126 Å². The highest BCUT2D eigenvalue weighted by Gasteiger charge is 2.22. The van der Waals surface area contributed by atoms with Gasteiger partial charge < -0.3 is 4.42 Å². The van der Waals surface area contributed by atoms with Crippen LogP contribution < -0.4 is 0 Å². The van der Waals surface area contributed by atoms with Gasteiger partial charge in [-0.1, -0.05) is 166 Å². The van der Waals surface area contributed by atoms with Crippen LogP contribution in [0.5, 0.6) is 0 Å². The second kappa shape index (κ2) is 15.5. The van der Waals surface area contributed by atoms with Crippen LogP contribution in [0.2, 0.25) is 0 Å². The van der Waals surface area contributed by atoms with Crippen molar-refractivity contribution in [1.82, 2.24) is 19.5 Å². The van der Waals surface area contributed by atoms with Gasteiger partial charge in [0, 0.05) is 58.4 Å². The summed E-state index contributed by atoms with van der Waals surface area (Å²) in [4.78, 5) is 15.8. The number of furan rings is 1. The van der Waals surface area contributed by atoms with E-state index in [9.17, 15) is 0 Å². The van der Waals surface area contributed by atoms with Gasteiger partial charge in [0.05, 0.1) is 11.0 Å². The molecule has 0 saturated carbocycles. The monoisotopic (exact) mass is 840 g/mol. The Morgan fingerprint density at radius 2 is 1.08 bits per heavy atom. The first-order valence-electron chi connectivity index (χ1n) is 21.8. The minimum Gasteiger partial charge on any atom is -0.456 e. The molecule has 0 unspecified atom stereocenters. The highest BCUT2D eigenvalue weighted by molar-refractivity contribution is 7.25. The Morgan fingerprint density at radius 3 is 1.95 bits per heavy atom. The third-order valence-corrected chi connectivity index (χ3v) is 13.2. The predicted octanol–water partition coefficient (Wildman–Crippen LogP) is 16.5. The van der Waals surface area contributed by atoms with Crippen molar-refractivity contribution in [3.05, 3.63) is 194 Å². The Balaban J connectivity index is 0.00000141. The van der Waals surface area contributed by atoms with Crippen LogP contribution in [-0.2, 0) is 0 Å². The quantitative estimate of drug-likeness (QED) is 0.173. The molecule has 5 nitrogen and oxygen atoms in total. The van der Waals surface area contributed by atoms with E-state index in [1.165, 1.54) is 42.9 Å². The largest absolute Gasteiger partial charge is 0.456 e. The van der Waals surface area contributed by atoms with E-state index in [1.807, 2.05) is 47.7 Å². The molecular formula is C58H40N4OS. The molecule has 0 aliphatic rings. The molecule has 0 radical (unpaired) electrons. The van der Waals surface area contributed by atoms with Crippen molar-refractivity contribution in [2.24, 2.45) is 0 Å². The second-order valence-corrected chi connectivity index (χ2v) is 17.4. The number of rotatable bonds is 5. The van der Waals surface area contributed by atoms with Crippen LogP contribution in [0.1, 0.15) is 20.3 Å². The van der Waals surface area contributed by atoms with Crippen molar-refractivity contribution in [1.29, 1.82) is 0 Å². The second-order valence-electron chi connectivity index (χ2n) is 16.3. The predicted molar refractivity (Wildman–Crippen MR) is 270 cm³/mol. The Morgan fingerprint density at radius 1 is 0.438 bits per heavy atom. The Labute approximate surface area is 373 Å². The van der Waals surface area contributed by atoms with Gasteiger partial charge in [-0.2, -0.15) is 9.97 Å². The first kappa shape index (κ1) is 37.8. The van der Waals surface area contributed by atoms with Crippen LogP contribution in [0.3, 0.4) is 0 Å². The molecule has 304 valence electrons. The Bertz CT molecular complexity index is 3920. The minimum absolute atomic E-state index is 0.544. The molecule has 0 aliphatic heterocycles. The molecule has 0 amide bonds. The maximum Gasteiger partial charge on any atom is 0.238 e. The number of para-hydroxylation sites is 2. The average molecular weight is 841 g/mol. The highest BCUT2D eigenvalue weighted by Crippen LogP contribution is 2.43. The van der Waals surface area contributed by atoms with E-state index < -0.39 is 0 Å². The van der Waals surface area contributed by atoms with E-state index in [4.69, 9.17) is 19.4 Å². The van der Waals surface area contributed by atoms with E-state index in [0.29, 0.717) is 17.6 Å². The van der Waals surface area contributed by atoms with Crippen molar-refractivity contribution >= 4 is 86.0 Å². The van der Waals surface area contributed by atoms with Gasteiger partial charge in [0.1, 0.15) is 11.2 Å². The average Bonchev–Trinajstić information content (AvgIpc) is 4.04. The standard InChI is InChI=1S/C55H32N4OS.C3H8/c1-2-13-34(14-3-1)53-56-54(38-24-27-42-41-18-6-8-22-47(41)60-48(42)32-38)58-55(57-53)59-46-28-25-33-12-4-5-17-39(33)51(46)44-21-11-20-40(52(44)59)37-16-10-15-35(30-37)36-26-29-50-45(31-36)43-19-7-9-23-49(43)61-50;1-3-2/h1-32H;3H2,1-2H3. The molecule has 4 heterocycles. The van der Waals surface area contributed by atoms with Gasteiger partial charge >= 0.3 is 0 Å². The molecule has 13 rings (SSSR count). The first-order chi connectivity index (χ1) is 31.6. The van der Waals surface area contributed by atoms with E-state index in [2.05, 4.69) is 176 Å². The molecular weight excluding hydrogens is 801 g/mol. The zero-order chi connectivity index (χ0) is 42.7. The SMILES string of the molecule is CCC.c1ccc(-c2nc(-c3ccc4c(c3)oc3ccccc34)nc(-n3c4ccc5ccccc5c4c4cccc(-c5cccc(-c6ccc7sc8ccccc8c7c6)c5)c43)n2)cc1. The number of benzene rings is 9. The third-order valence-electron chi connectivity index (χ3n) is 12.1. The maximum absolute atomic E-state index is 6.35. The summed E-state index contributed by atoms with van der Waals surface area (Å²) in [6.45, 7) is 4.25. The number of hydrogen-bond donors (Lipinski definition) is 0. The molecule has 0 spiro atoms. The molecule has 4 aromatic heterocycles. The normalized spacial score (nSPS) is 11.7. The minimum atomic E-state index is 0.544. The summed E-state index contributed by atoms with van der Waals surface area (Å²) in [6.07, 6.45) is 1.25. The number of thiophene rings is 1. The summed E-state index contributed by atoms with van der Waals surface area (Å²) in [6, 6.07) is 68.7. The molecule has 0 bridgehead atoms. The summed E-state index contributed by atoms with van der Waals surface area (Å²) in [7, 11) is 0. The lowest BCUT2D eigenvalue weighted by atomic mass is 9.96. The number of fused-ring (bicyclic) bond motifs is 11. The van der Waals surface area contributed by atoms with Gasteiger partial charge in [-0.05, 0) is 76.0 Å². The number of aromatic nitrogens is 4. The van der Waals surface area contributed by atoms with Crippen molar-refractivity contribution in [3.63, 3.8) is 0 Å². The van der Waals surface area contributed by atoms with Gasteiger partial charge in [-0.3, -0.25) is 4.57 Å². The van der Waals surface area contributed by atoms with Crippen LogP contribution in [0.15, 0.2) is 199 Å². The van der Waals surface area contributed by atoms with Crippen LogP contribution in [0, 0.1) is 0 Å². The fourth-order valence-corrected chi connectivity index (χ4v) is 10.3. The summed E-state index contributed by atoms with van der Waals surface area (Å²) in [5, 5.41) is 9.38. The van der Waals surface area contributed by atoms with Crippen molar-refractivity contribution in [3.8, 4) is 51.0 Å². The maximum atomic E-state index is 6.35. The molecule has 13 aromatic rings. The first-order valence-corrected chi connectivity index (χ1v) is 22.7. The van der Waals surface area contributed by atoms with Crippen molar-refractivity contribution < 1.29 is 4.42 Å². The molecule has 6 heteroatoms. The van der Waals surface area contributed by atoms with E-state index >= 15 is 0 Å². The van der Waals surface area contributed by atoms with Gasteiger partial charge in [0.15, 0.2) is 11.6 Å². The summed E-state index contributed by atoms with van der Waals surface area (Å²) < 4.78 is 11.2. The van der Waals surface area contributed by atoms with Crippen LogP contribution in [0.4, 0.5) is 0 Å². The lowest BCUT2D eigenvalue weighted by Gasteiger charge is -2.13. The molecule has 0 saturated heterocycles. The zero-order valence-corrected chi connectivity index (χ0v) is 36.1. The lowest BCUT2D eigenvalue weighted by molar-refractivity contribution is 0.669. The van der Waals surface area contributed by atoms with E-state index in [-0.39, 0.29) is 0 Å². The fraction of sp³-hybridized carbons (Fsp3) is 0.0517. The summed E-state index contributed by atoms with van der Waals surface area (Å²) in [5.41, 5.74) is 10.0. The molecule has 0 N–H and O–H groups in total. The topological polar surface area (TPSA) is 56.7 Å². The van der Waals surface area contributed by atoms with Crippen LogP contribution >= 0.6 is 11.3 Å². The van der Waals surface area contributed by atoms with Gasteiger partial charge in [0.2, 0.25) is 5.95 Å². The number of nitrogens with zero attached hydrogens (tertiary/aromatic N) is 4. The van der Waals surface area contributed by atoms with E-state index in [0.717, 1.165) is 71.6 Å². The summed E-state index contributed by atoms with van der Waals surface area (Å²) in [5.74, 6) is 1.71. The molecule has 0 aliphatic carbocycles. The molecule has 64 heavy (non-hydrogen) atoms. The fourth-order valence-electron chi connectivity index (χ4n) is 9.22. The molecule has 0 fully saturated rings.